The number of rotatable bonds is 1. The molecule has 0 saturated carbocycles. The average Bonchev–Trinajstić information content (AvgIpc) is 2.37. The molecule has 0 saturated heterocycles. The quantitative estimate of drug-likeness (QED) is 0.667. The fourth-order valence-corrected chi connectivity index (χ4v) is 1.68. The summed E-state index contributed by atoms with van der Waals surface area (Å²) >= 11 is 0. The van der Waals surface area contributed by atoms with Crippen molar-refractivity contribution in [3.8, 4) is 11.6 Å². The van der Waals surface area contributed by atoms with Crippen LogP contribution in [0, 0.1) is 0 Å². The summed E-state index contributed by atoms with van der Waals surface area (Å²) in [5.41, 5.74) is 0.533. The Morgan fingerprint density at radius 1 is 1.46 bits per heavy atom. The molecule has 1 aliphatic rings. The minimum absolute atomic E-state index is 0.0441. The van der Waals surface area contributed by atoms with Gasteiger partial charge in [0.25, 0.3) is 5.88 Å². The van der Waals surface area contributed by atoms with Crippen molar-refractivity contribution in [3.63, 3.8) is 0 Å². The number of fused-ring (bicyclic) bond motifs is 1. The molecule has 0 N–H and O–H groups in total. The van der Waals surface area contributed by atoms with Gasteiger partial charge in [-0.05, 0) is 6.07 Å². The van der Waals surface area contributed by atoms with Gasteiger partial charge in [-0.15, -0.1) is 8.42 Å². The standard InChI is InChI=1S/C7H5NO4S/c1-2-5-3-4-8-7-6(5)11-13(9,10)12-7/h2-4H,1H2. The molecule has 0 fully saturated rings. The minimum Gasteiger partial charge on any atom is -0.346 e. The van der Waals surface area contributed by atoms with E-state index in [9.17, 15) is 8.42 Å². The summed E-state index contributed by atoms with van der Waals surface area (Å²) in [7, 11) is -3.95. The predicted octanol–water partition coefficient (Wildman–Crippen LogP) is 0.741. The molecule has 5 nitrogen and oxygen atoms in total. The highest BCUT2D eigenvalue weighted by Gasteiger charge is 2.31. The SMILES string of the molecule is C=Cc1ccnc2c1OS(=O)(=O)O2. The molecule has 0 bridgehead atoms. The zero-order valence-corrected chi connectivity index (χ0v) is 7.24. The maximum absolute atomic E-state index is 10.8. The highest BCUT2D eigenvalue weighted by molar-refractivity contribution is 7.82. The molecular formula is C7H5NO4S. The van der Waals surface area contributed by atoms with Crippen molar-refractivity contribution in [2.75, 3.05) is 0 Å². The van der Waals surface area contributed by atoms with E-state index in [1.54, 1.807) is 6.07 Å². The molecule has 13 heavy (non-hydrogen) atoms. The molecule has 1 aliphatic heterocycles. The lowest BCUT2D eigenvalue weighted by Gasteiger charge is -1.95. The van der Waals surface area contributed by atoms with Crippen LogP contribution >= 0.6 is 0 Å². The van der Waals surface area contributed by atoms with Gasteiger partial charge in [-0.3, -0.25) is 0 Å². The zero-order valence-electron chi connectivity index (χ0n) is 6.43. The molecule has 0 atom stereocenters. The third-order valence-electron chi connectivity index (χ3n) is 1.49. The van der Waals surface area contributed by atoms with Crippen molar-refractivity contribution in [3.05, 3.63) is 24.4 Å². The van der Waals surface area contributed by atoms with Gasteiger partial charge in [0.15, 0.2) is 0 Å². The summed E-state index contributed by atoms with van der Waals surface area (Å²) in [5.74, 6) is 0.0508. The second-order valence-corrected chi connectivity index (χ2v) is 3.46. The molecule has 68 valence electrons. The average molecular weight is 199 g/mol. The van der Waals surface area contributed by atoms with Gasteiger partial charge in [-0.1, -0.05) is 12.7 Å². The van der Waals surface area contributed by atoms with Crippen LogP contribution in [0.2, 0.25) is 0 Å². The number of hydrogen-bond acceptors (Lipinski definition) is 5. The third kappa shape index (κ3) is 1.25. The largest absolute Gasteiger partial charge is 0.502 e. The van der Waals surface area contributed by atoms with Crippen LogP contribution in [0.4, 0.5) is 0 Å². The lowest BCUT2D eigenvalue weighted by atomic mass is 10.2. The normalized spacial score (nSPS) is 16.9. The van der Waals surface area contributed by atoms with E-state index in [2.05, 4.69) is 19.9 Å². The van der Waals surface area contributed by atoms with Crippen LogP contribution in [-0.2, 0) is 10.4 Å². The van der Waals surface area contributed by atoms with Crippen molar-refractivity contribution >= 4 is 16.5 Å². The smallest absolute Gasteiger partial charge is 0.346 e. The van der Waals surface area contributed by atoms with Crippen LogP contribution in [0.3, 0.4) is 0 Å². The fourth-order valence-electron chi connectivity index (χ4n) is 0.963. The van der Waals surface area contributed by atoms with E-state index in [0.717, 1.165) is 0 Å². The second kappa shape index (κ2) is 2.46. The van der Waals surface area contributed by atoms with Crippen molar-refractivity contribution < 1.29 is 16.8 Å². The van der Waals surface area contributed by atoms with Crippen molar-refractivity contribution in [1.29, 1.82) is 0 Å². The van der Waals surface area contributed by atoms with Gasteiger partial charge < -0.3 is 8.37 Å². The van der Waals surface area contributed by atoms with Crippen LogP contribution in [-0.4, -0.2) is 13.4 Å². The Bertz CT molecular complexity index is 465. The Kier molecular flexibility index (Phi) is 1.53. The lowest BCUT2D eigenvalue weighted by Crippen LogP contribution is -2.08. The Labute approximate surface area is 75.0 Å². The minimum atomic E-state index is -3.95. The highest BCUT2D eigenvalue weighted by Crippen LogP contribution is 2.36. The Morgan fingerprint density at radius 3 is 2.92 bits per heavy atom. The van der Waals surface area contributed by atoms with Gasteiger partial charge in [-0.25, -0.2) is 4.98 Å². The number of aromatic nitrogens is 1. The van der Waals surface area contributed by atoms with Gasteiger partial charge in [0.2, 0.25) is 5.75 Å². The predicted molar refractivity (Wildman–Crippen MR) is 44.5 cm³/mol. The van der Waals surface area contributed by atoms with E-state index in [-0.39, 0.29) is 11.6 Å². The van der Waals surface area contributed by atoms with Gasteiger partial charge in [0, 0.05) is 11.8 Å². The number of pyridine rings is 1. The molecular weight excluding hydrogens is 194 g/mol. The third-order valence-corrected chi connectivity index (χ3v) is 2.22. The summed E-state index contributed by atoms with van der Waals surface area (Å²) in [6.45, 7) is 3.50. The van der Waals surface area contributed by atoms with E-state index in [4.69, 9.17) is 0 Å². The Balaban J connectivity index is 2.63. The maximum Gasteiger partial charge on any atom is 0.502 e. The molecule has 0 amide bonds. The fraction of sp³-hybridized carbons (Fsp3) is 0. The summed E-state index contributed by atoms with van der Waals surface area (Å²) in [6.07, 6.45) is 2.88. The van der Waals surface area contributed by atoms with Crippen LogP contribution in [0.5, 0.6) is 11.6 Å². The van der Waals surface area contributed by atoms with Crippen LogP contribution in [0.1, 0.15) is 5.56 Å². The van der Waals surface area contributed by atoms with Crippen molar-refractivity contribution in [2.45, 2.75) is 0 Å². The first kappa shape index (κ1) is 8.06. The van der Waals surface area contributed by atoms with E-state index < -0.39 is 10.4 Å². The molecule has 6 heteroatoms. The Hall–Kier alpha value is -1.56. The molecule has 0 aromatic carbocycles. The molecule has 2 heterocycles. The second-order valence-electron chi connectivity index (χ2n) is 2.31. The van der Waals surface area contributed by atoms with Crippen molar-refractivity contribution in [1.82, 2.24) is 4.98 Å². The molecule has 1 aromatic heterocycles. The van der Waals surface area contributed by atoms with Crippen molar-refractivity contribution in [2.24, 2.45) is 0 Å². The first-order valence-electron chi connectivity index (χ1n) is 3.38. The first-order valence-corrected chi connectivity index (χ1v) is 4.71. The summed E-state index contributed by atoms with van der Waals surface area (Å²) in [5, 5.41) is 0. The topological polar surface area (TPSA) is 65.5 Å². The van der Waals surface area contributed by atoms with Gasteiger partial charge in [-0.2, -0.15) is 0 Å². The summed E-state index contributed by atoms with van der Waals surface area (Å²) in [6, 6.07) is 1.58. The molecule has 2 rings (SSSR count). The molecule has 0 aliphatic carbocycles. The zero-order chi connectivity index (χ0) is 9.47. The van der Waals surface area contributed by atoms with Gasteiger partial charge in [0.05, 0.1) is 0 Å². The van der Waals surface area contributed by atoms with E-state index in [0.29, 0.717) is 5.56 Å². The van der Waals surface area contributed by atoms with E-state index in [1.807, 2.05) is 0 Å². The molecule has 1 aromatic rings. The van der Waals surface area contributed by atoms with Crippen LogP contribution in [0.15, 0.2) is 18.8 Å². The summed E-state index contributed by atoms with van der Waals surface area (Å²) < 4.78 is 30.6. The number of hydrogen-bond donors (Lipinski definition) is 0. The highest BCUT2D eigenvalue weighted by atomic mass is 32.3. The summed E-state index contributed by atoms with van der Waals surface area (Å²) in [4.78, 5) is 3.69. The molecule has 0 spiro atoms. The number of nitrogens with zero attached hydrogens (tertiary/aromatic N) is 1. The van der Waals surface area contributed by atoms with Crippen LogP contribution < -0.4 is 8.37 Å². The van der Waals surface area contributed by atoms with Gasteiger partial charge >= 0.3 is 10.4 Å². The Morgan fingerprint density at radius 2 is 2.23 bits per heavy atom. The first-order chi connectivity index (χ1) is 6.12. The van der Waals surface area contributed by atoms with Gasteiger partial charge in [0.1, 0.15) is 0 Å². The van der Waals surface area contributed by atoms with E-state index >= 15 is 0 Å². The lowest BCUT2D eigenvalue weighted by molar-refractivity contribution is 0.433. The molecule has 0 unspecified atom stereocenters. The molecule has 0 radical (unpaired) electrons. The monoisotopic (exact) mass is 199 g/mol. The maximum atomic E-state index is 10.8. The van der Waals surface area contributed by atoms with Crippen LogP contribution in [0.25, 0.3) is 6.08 Å². The van der Waals surface area contributed by atoms with E-state index in [1.165, 1.54) is 12.3 Å².